The summed E-state index contributed by atoms with van der Waals surface area (Å²) >= 11 is 1.90. The highest BCUT2D eigenvalue weighted by Crippen LogP contribution is 2.38. The average molecular weight is 1100 g/mol. The van der Waals surface area contributed by atoms with Gasteiger partial charge in [-0.15, -0.1) is 10.2 Å². The van der Waals surface area contributed by atoms with Gasteiger partial charge in [0, 0.05) is 41.8 Å². The monoisotopic (exact) mass is 1100 g/mol. The molecule has 0 fully saturated rings. The number of carbonyl (C=O) groups is 2. The van der Waals surface area contributed by atoms with Crippen molar-refractivity contribution in [3.8, 4) is 28.6 Å². The van der Waals surface area contributed by atoms with Crippen LogP contribution in [0.4, 0.5) is 9.59 Å². The number of hydrogen-bond acceptors (Lipinski definition) is 12. The molecule has 3 N–H and O–H groups in total. The second kappa shape index (κ2) is 22.4. The Morgan fingerprint density at radius 2 is 1.22 bits per heavy atom. The molecule has 0 spiro atoms. The van der Waals surface area contributed by atoms with Gasteiger partial charge in [-0.1, -0.05) is 66.7 Å². The first kappa shape index (κ1) is 52.0. The van der Waals surface area contributed by atoms with Crippen LogP contribution in [0.3, 0.4) is 0 Å². The van der Waals surface area contributed by atoms with Crippen molar-refractivity contribution in [1.29, 1.82) is 0 Å². The van der Waals surface area contributed by atoms with Crippen LogP contribution in [0.1, 0.15) is 43.0 Å². The Bertz CT molecular complexity index is 2890. The van der Waals surface area contributed by atoms with E-state index >= 15 is 16.8 Å². The normalized spacial score (nSPS) is 12.3. The predicted molar refractivity (Wildman–Crippen MR) is 264 cm³/mol. The molecule has 22 heteroatoms. The minimum atomic E-state index is -4.95. The van der Waals surface area contributed by atoms with Crippen LogP contribution in [0.2, 0.25) is 0 Å². The quantitative estimate of drug-likeness (QED) is 0.0615. The maximum Gasteiger partial charge on any atom is 0.408 e. The molecular formula is C47H53IN8O11S2. The van der Waals surface area contributed by atoms with Crippen LogP contribution in [0.15, 0.2) is 125 Å². The summed E-state index contributed by atoms with van der Waals surface area (Å²) < 4.78 is 81.4. The van der Waals surface area contributed by atoms with Gasteiger partial charge in [-0.25, -0.2) is 31.1 Å². The number of ether oxygens (including phenoxy) is 3. The van der Waals surface area contributed by atoms with Gasteiger partial charge in [-0.05, 0) is 119 Å². The smallest absolute Gasteiger partial charge is 0.408 e. The van der Waals surface area contributed by atoms with Gasteiger partial charge in [-0.3, -0.25) is 4.90 Å². The predicted octanol–water partition coefficient (Wildman–Crippen LogP) is 7.02. The van der Waals surface area contributed by atoms with E-state index in [1.165, 1.54) is 25.1 Å². The molecule has 0 radical (unpaired) electrons. The Labute approximate surface area is 414 Å². The first-order valence-electron chi connectivity index (χ1n) is 21.3. The lowest BCUT2D eigenvalue weighted by Crippen LogP contribution is -2.58. The molecule has 19 nitrogen and oxygen atoms in total. The second-order valence-corrected chi connectivity index (χ2v) is 21.5. The minimum absolute atomic E-state index is 0.114. The lowest BCUT2D eigenvalue weighted by Gasteiger charge is -2.41. The van der Waals surface area contributed by atoms with Gasteiger partial charge in [-0.2, -0.15) is 9.10 Å². The number of tetrazole rings is 1. The summed E-state index contributed by atoms with van der Waals surface area (Å²) in [7, 11) is -5.34. The molecule has 1 atom stereocenters. The van der Waals surface area contributed by atoms with Crippen LogP contribution >= 0.6 is 22.6 Å². The Hall–Kier alpha value is -6.34. The summed E-state index contributed by atoms with van der Waals surface area (Å²) in [6, 6.07) is 30.5. The van der Waals surface area contributed by atoms with Crippen molar-refractivity contribution in [3.05, 3.63) is 141 Å². The number of nitrogens with zero attached hydrogens (tertiary/aromatic N) is 7. The number of carboxylic acid groups (broad SMARTS) is 2. The average Bonchev–Trinajstić information content (AvgIpc) is 3.78. The highest BCUT2D eigenvalue weighted by molar-refractivity contribution is 14.1. The largest absolute Gasteiger partial charge is 0.497 e. The number of sulfonamides is 2. The zero-order valence-corrected chi connectivity index (χ0v) is 42.5. The molecular weight excluding hydrogens is 1040 g/mol. The van der Waals surface area contributed by atoms with Gasteiger partial charge >= 0.3 is 12.2 Å². The highest BCUT2D eigenvalue weighted by Gasteiger charge is 2.40. The summed E-state index contributed by atoms with van der Waals surface area (Å²) in [5.74, 6) is 1.49. The molecule has 1 aromatic heterocycles. The van der Waals surface area contributed by atoms with Gasteiger partial charge in [0.15, 0.2) is 0 Å². The number of aromatic nitrogens is 4. The summed E-state index contributed by atoms with van der Waals surface area (Å²) in [6.45, 7) is 3.17. The van der Waals surface area contributed by atoms with E-state index in [2.05, 4.69) is 20.1 Å². The SMILES string of the molecule is COc1ccc(CN(Cc2ccc(OC)cc2)S(=O)(=O)c2c(S(=O)(=O)NC[C@H](CN(Cc3ccccc3)C(=O)O)N(C(=O)O)C(C)(C)C)ccc(I)c2-c2nnn(Cc3ccc(OC)cc3)n2)cc1. The van der Waals surface area contributed by atoms with Crippen molar-refractivity contribution in [2.45, 2.75) is 68.3 Å². The summed E-state index contributed by atoms with van der Waals surface area (Å²) in [6.07, 6.45) is -2.81. The van der Waals surface area contributed by atoms with Crippen LogP contribution in [0, 0.1) is 3.57 Å². The number of rotatable bonds is 21. The Kier molecular flexibility index (Phi) is 16.9. The lowest BCUT2D eigenvalue weighted by atomic mass is 10.0. The third kappa shape index (κ3) is 13.1. The third-order valence-electron chi connectivity index (χ3n) is 10.9. The number of benzene rings is 5. The minimum Gasteiger partial charge on any atom is -0.497 e. The molecule has 0 aliphatic rings. The standard InChI is InChI=1S/C47H53IN8O11S2/c1-47(2,3)56(46(59)60)36(31-53(45(57)58)27-32-10-8-7-9-11-32)26-49-68(61,62)41-25-24-40(48)42(44-50-52-55(51-44)30-35-16-22-39(67-6)23-17-35)43(41)69(63,64)54(28-33-12-18-37(65-4)19-13-33)29-34-14-20-38(66-5)21-15-34/h7-25,36,49H,26-31H2,1-6H3,(H,57,58)(H,59,60)/t36-/m1/s1. The third-order valence-corrected chi connectivity index (χ3v) is 15.2. The molecule has 2 amide bonds. The number of nitrogens with one attached hydrogen (secondary N) is 1. The molecule has 6 aromatic rings. The fourth-order valence-electron chi connectivity index (χ4n) is 7.52. The fourth-order valence-corrected chi connectivity index (χ4v) is 11.9. The summed E-state index contributed by atoms with van der Waals surface area (Å²) in [5.41, 5.74) is 1.15. The molecule has 69 heavy (non-hydrogen) atoms. The molecule has 6 rings (SSSR count). The lowest BCUT2D eigenvalue weighted by molar-refractivity contribution is 0.0536. The molecule has 366 valence electrons. The molecule has 0 unspecified atom stereocenters. The first-order chi connectivity index (χ1) is 32.7. The fraction of sp³-hybridized carbons (Fsp3) is 0.298. The van der Waals surface area contributed by atoms with E-state index in [0.717, 1.165) is 25.7 Å². The Balaban J connectivity index is 1.50. The van der Waals surface area contributed by atoms with Crippen molar-refractivity contribution < 1.29 is 50.8 Å². The van der Waals surface area contributed by atoms with Gasteiger partial charge in [0.05, 0.1) is 39.5 Å². The molecule has 1 heterocycles. The van der Waals surface area contributed by atoms with Crippen molar-refractivity contribution in [2.75, 3.05) is 34.4 Å². The second-order valence-electron chi connectivity index (χ2n) is 16.7. The molecule has 0 bridgehead atoms. The van der Waals surface area contributed by atoms with Gasteiger partial charge in [0.25, 0.3) is 0 Å². The number of halogens is 1. The van der Waals surface area contributed by atoms with Crippen LogP contribution < -0.4 is 18.9 Å². The van der Waals surface area contributed by atoms with Gasteiger partial charge in [0.2, 0.25) is 25.9 Å². The van der Waals surface area contributed by atoms with Crippen molar-refractivity contribution in [2.24, 2.45) is 0 Å². The molecule has 0 saturated heterocycles. The number of methoxy groups -OCH3 is 3. The maximum absolute atomic E-state index is 15.7. The molecule has 0 saturated carbocycles. The van der Waals surface area contributed by atoms with E-state index < -0.39 is 66.7 Å². The van der Waals surface area contributed by atoms with Crippen molar-refractivity contribution in [1.82, 2.24) is 39.0 Å². The summed E-state index contributed by atoms with van der Waals surface area (Å²) in [5, 5.41) is 33.9. The molecule has 0 aliphatic carbocycles. The summed E-state index contributed by atoms with van der Waals surface area (Å²) in [4.78, 5) is 27.5. The van der Waals surface area contributed by atoms with E-state index in [1.54, 1.807) is 131 Å². The number of hydrogen-bond donors (Lipinski definition) is 3. The zero-order valence-electron chi connectivity index (χ0n) is 38.7. The molecule has 0 aliphatic heterocycles. The highest BCUT2D eigenvalue weighted by atomic mass is 127. The van der Waals surface area contributed by atoms with E-state index in [9.17, 15) is 19.8 Å². The van der Waals surface area contributed by atoms with Crippen LogP contribution in [0.5, 0.6) is 17.2 Å². The first-order valence-corrected chi connectivity index (χ1v) is 25.3. The van der Waals surface area contributed by atoms with Gasteiger partial charge < -0.3 is 29.3 Å². The van der Waals surface area contributed by atoms with E-state index in [1.807, 2.05) is 22.6 Å². The van der Waals surface area contributed by atoms with Crippen LogP contribution in [0.25, 0.3) is 11.4 Å². The van der Waals surface area contributed by atoms with E-state index in [4.69, 9.17) is 14.2 Å². The topological polar surface area (TPSA) is 236 Å². The van der Waals surface area contributed by atoms with Crippen LogP contribution in [-0.4, -0.2) is 120 Å². The Morgan fingerprint density at radius 3 is 1.70 bits per heavy atom. The van der Waals surface area contributed by atoms with Gasteiger partial charge in [0.1, 0.15) is 27.0 Å². The van der Waals surface area contributed by atoms with E-state index in [-0.39, 0.29) is 41.1 Å². The zero-order chi connectivity index (χ0) is 50.1. The van der Waals surface area contributed by atoms with E-state index in [0.29, 0.717) is 33.9 Å². The molecule has 5 aromatic carbocycles. The van der Waals surface area contributed by atoms with Crippen molar-refractivity contribution >= 4 is 54.8 Å². The Morgan fingerprint density at radius 1 is 0.710 bits per heavy atom. The number of amides is 2. The van der Waals surface area contributed by atoms with Crippen molar-refractivity contribution in [3.63, 3.8) is 0 Å². The van der Waals surface area contributed by atoms with Crippen LogP contribution in [-0.2, 0) is 46.2 Å². The maximum atomic E-state index is 15.7.